The van der Waals surface area contributed by atoms with Crippen molar-refractivity contribution in [1.82, 2.24) is 0 Å². The molecule has 106 valence electrons. The van der Waals surface area contributed by atoms with Gasteiger partial charge in [0.15, 0.2) is 6.29 Å². The first-order valence-corrected chi connectivity index (χ1v) is 6.09. The van der Waals surface area contributed by atoms with E-state index in [0.29, 0.717) is 0 Å². The van der Waals surface area contributed by atoms with Crippen molar-refractivity contribution in [2.75, 3.05) is 6.61 Å². The first-order chi connectivity index (χ1) is 9.13. The van der Waals surface area contributed by atoms with E-state index in [1.165, 1.54) is 0 Å². The number of benzene rings is 1. The third-order valence-corrected chi connectivity index (χ3v) is 3.10. The molecule has 0 aliphatic carbocycles. The lowest BCUT2D eigenvalue weighted by Gasteiger charge is -2.23. The van der Waals surface area contributed by atoms with Crippen LogP contribution < -0.4 is 0 Å². The van der Waals surface area contributed by atoms with Gasteiger partial charge in [-0.05, 0) is 5.56 Å². The molecule has 0 radical (unpaired) electrons. The Balaban J connectivity index is 1.99. The van der Waals surface area contributed by atoms with Crippen LogP contribution in [-0.2, 0) is 16.1 Å². The Morgan fingerprint density at radius 3 is 2.53 bits per heavy atom. The van der Waals surface area contributed by atoms with Crippen molar-refractivity contribution in [3.63, 3.8) is 0 Å². The van der Waals surface area contributed by atoms with E-state index in [-0.39, 0.29) is 6.61 Å². The van der Waals surface area contributed by atoms with E-state index in [1.807, 2.05) is 30.3 Å². The molecule has 0 saturated carbocycles. The van der Waals surface area contributed by atoms with Gasteiger partial charge < -0.3 is 29.9 Å². The number of aliphatic hydroxyl groups excluding tert-OH is 4. The third kappa shape index (κ3) is 3.30. The second kappa shape index (κ2) is 6.42. The Morgan fingerprint density at radius 2 is 1.89 bits per heavy atom. The van der Waals surface area contributed by atoms with Crippen LogP contribution in [0, 0.1) is 0 Å². The highest BCUT2D eigenvalue weighted by molar-refractivity contribution is 5.13. The van der Waals surface area contributed by atoms with E-state index in [2.05, 4.69) is 0 Å². The van der Waals surface area contributed by atoms with Crippen LogP contribution in [0.4, 0.5) is 0 Å². The second-order valence-electron chi connectivity index (χ2n) is 4.49. The maximum atomic E-state index is 9.76. The Hall–Kier alpha value is -1.02. The predicted molar refractivity (Wildman–Crippen MR) is 65.0 cm³/mol. The summed E-state index contributed by atoms with van der Waals surface area (Å²) >= 11 is 0. The molecule has 6 nitrogen and oxygen atoms in total. The first kappa shape index (κ1) is 14.4. The molecule has 0 spiro atoms. The molecule has 5 atom stereocenters. The van der Waals surface area contributed by atoms with Gasteiger partial charge in [-0.3, -0.25) is 0 Å². The molecule has 19 heavy (non-hydrogen) atoms. The van der Waals surface area contributed by atoms with Gasteiger partial charge in [0.05, 0.1) is 13.2 Å². The molecule has 0 aromatic heterocycles. The van der Waals surface area contributed by atoms with Gasteiger partial charge in [-0.25, -0.2) is 0 Å². The van der Waals surface area contributed by atoms with Crippen LogP contribution in [0.5, 0.6) is 0 Å². The SMILES string of the molecule is OC[C@@H](O)[C@@H]1O[C@H](O)[C@H](O)[C@H]1OCc1ccccc1. The van der Waals surface area contributed by atoms with E-state index in [1.54, 1.807) is 0 Å². The lowest BCUT2D eigenvalue weighted by molar-refractivity contribution is -0.151. The lowest BCUT2D eigenvalue weighted by atomic mass is 10.1. The van der Waals surface area contributed by atoms with Crippen molar-refractivity contribution in [2.24, 2.45) is 0 Å². The third-order valence-electron chi connectivity index (χ3n) is 3.10. The summed E-state index contributed by atoms with van der Waals surface area (Å²) in [6.07, 6.45) is -5.74. The Bertz CT molecular complexity index is 384. The van der Waals surface area contributed by atoms with Crippen LogP contribution >= 0.6 is 0 Å². The minimum Gasteiger partial charge on any atom is -0.394 e. The summed E-state index contributed by atoms with van der Waals surface area (Å²) in [5, 5.41) is 37.7. The topological polar surface area (TPSA) is 99.4 Å². The highest BCUT2D eigenvalue weighted by Gasteiger charge is 2.46. The van der Waals surface area contributed by atoms with Gasteiger partial charge in [0.25, 0.3) is 0 Å². The molecule has 2 rings (SSSR count). The van der Waals surface area contributed by atoms with E-state index in [9.17, 15) is 15.3 Å². The van der Waals surface area contributed by atoms with Gasteiger partial charge in [-0.1, -0.05) is 30.3 Å². The summed E-state index contributed by atoms with van der Waals surface area (Å²) < 4.78 is 10.5. The predicted octanol–water partition coefficient (Wildman–Crippen LogP) is -0.997. The number of rotatable bonds is 5. The summed E-state index contributed by atoms with van der Waals surface area (Å²) in [6, 6.07) is 9.30. The maximum absolute atomic E-state index is 9.76. The molecule has 0 bridgehead atoms. The highest BCUT2D eigenvalue weighted by atomic mass is 16.7. The molecule has 6 heteroatoms. The fraction of sp³-hybridized carbons (Fsp3) is 0.538. The van der Waals surface area contributed by atoms with Crippen LogP contribution in [0.2, 0.25) is 0 Å². The molecule has 1 aliphatic rings. The van der Waals surface area contributed by atoms with Crippen molar-refractivity contribution in [2.45, 2.75) is 37.3 Å². The summed E-state index contributed by atoms with van der Waals surface area (Å²) in [5.41, 5.74) is 0.897. The normalized spacial score (nSPS) is 32.4. The van der Waals surface area contributed by atoms with Crippen molar-refractivity contribution < 1.29 is 29.9 Å². The molecule has 1 aromatic carbocycles. The minimum atomic E-state index is -1.42. The van der Waals surface area contributed by atoms with Gasteiger partial charge in [0, 0.05) is 0 Å². The van der Waals surface area contributed by atoms with E-state index < -0.39 is 37.3 Å². The van der Waals surface area contributed by atoms with Crippen molar-refractivity contribution in [1.29, 1.82) is 0 Å². The number of aliphatic hydroxyl groups is 4. The Labute approximate surface area is 110 Å². The van der Waals surface area contributed by atoms with Crippen LogP contribution in [0.3, 0.4) is 0 Å². The average Bonchev–Trinajstić information content (AvgIpc) is 2.73. The molecule has 0 amide bonds. The standard InChI is InChI=1S/C13H18O6/c14-6-9(15)11-12(10(16)13(17)19-11)18-7-8-4-2-1-3-5-8/h1-5,9-17H,6-7H2/t9-,10-,11+,12-,13+/m1/s1. The highest BCUT2D eigenvalue weighted by Crippen LogP contribution is 2.25. The Kier molecular flexibility index (Phi) is 4.87. The monoisotopic (exact) mass is 270 g/mol. The van der Waals surface area contributed by atoms with E-state index in [0.717, 1.165) is 5.56 Å². The van der Waals surface area contributed by atoms with E-state index >= 15 is 0 Å². The summed E-state index contributed by atoms with van der Waals surface area (Å²) in [6.45, 7) is -0.317. The first-order valence-electron chi connectivity index (χ1n) is 6.09. The smallest absolute Gasteiger partial charge is 0.184 e. The zero-order valence-corrected chi connectivity index (χ0v) is 10.3. The molecule has 0 unspecified atom stereocenters. The van der Waals surface area contributed by atoms with Crippen LogP contribution in [0.15, 0.2) is 30.3 Å². The number of ether oxygens (including phenoxy) is 2. The van der Waals surface area contributed by atoms with Crippen molar-refractivity contribution >= 4 is 0 Å². The lowest BCUT2D eigenvalue weighted by Crippen LogP contribution is -2.42. The van der Waals surface area contributed by atoms with Crippen LogP contribution in [0.25, 0.3) is 0 Å². The maximum Gasteiger partial charge on any atom is 0.184 e. The minimum absolute atomic E-state index is 0.216. The molecular formula is C13H18O6. The van der Waals surface area contributed by atoms with Gasteiger partial charge in [0.2, 0.25) is 0 Å². The fourth-order valence-electron chi connectivity index (χ4n) is 2.05. The largest absolute Gasteiger partial charge is 0.394 e. The summed E-state index contributed by atoms with van der Waals surface area (Å²) in [4.78, 5) is 0. The van der Waals surface area contributed by atoms with Gasteiger partial charge >= 0.3 is 0 Å². The van der Waals surface area contributed by atoms with Gasteiger partial charge in [0.1, 0.15) is 24.4 Å². The fourth-order valence-corrected chi connectivity index (χ4v) is 2.05. The Morgan fingerprint density at radius 1 is 1.21 bits per heavy atom. The van der Waals surface area contributed by atoms with Gasteiger partial charge in [-0.2, -0.15) is 0 Å². The molecule has 1 fully saturated rings. The zero-order valence-electron chi connectivity index (χ0n) is 10.3. The molecule has 4 N–H and O–H groups in total. The summed E-state index contributed by atoms with van der Waals surface area (Å²) in [5.74, 6) is 0. The quantitative estimate of drug-likeness (QED) is 0.548. The number of hydrogen-bond donors (Lipinski definition) is 4. The van der Waals surface area contributed by atoms with Gasteiger partial charge in [-0.15, -0.1) is 0 Å². The van der Waals surface area contributed by atoms with Crippen molar-refractivity contribution in [3.05, 3.63) is 35.9 Å². The van der Waals surface area contributed by atoms with Crippen LogP contribution in [0.1, 0.15) is 5.56 Å². The van der Waals surface area contributed by atoms with Crippen molar-refractivity contribution in [3.8, 4) is 0 Å². The molecule has 1 aromatic rings. The average molecular weight is 270 g/mol. The number of hydrogen-bond acceptors (Lipinski definition) is 6. The molecule has 1 saturated heterocycles. The molecule has 1 heterocycles. The second-order valence-corrected chi connectivity index (χ2v) is 4.49. The zero-order chi connectivity index (χ0) is 13.8. The van der Waals surface area contributed by atoms with Crippen LogP contribution in [-0.4, -0.2) is 57.7 Å². The van der Waals surface area contributed by atoms with E-state index in [4.69, 9.17) is 14.6 Å². The molecular weight excluding hydrogens is 252 g/mol. The summed E-state index contributed by atoms with van der Waals surface area (Å²) in [7, 11) is 0. The molecule has 1 aliphatic heterocycles.